The molecule has 1 saturated heterocycles. The number of aromatic nitrogens is 1. The van der Waals surface area contributed by atoms with Gasteiger partial charge in [-0.15, -0.1) is 0 Å². The molecule has 0 spiro atoms. The molecule has 1 aromatic heterocycles. The van der Waals surface area contributed by atoms with E-state index in [2.05, 4.69) is 11.9 Å². The van der Waals surface area contributed by atoms with Crippen molar-refractivity contribution in [1.82, 2.24) is 9.88 Å². The lowest BCUT2D eigenvalue weighted by Crippen LogP contribution is -2.33. The molecule has 0 aliphatic carbocycles. The summed E-state index contributed by atoms with van der Waals surface area (Å²) in [6.07, 6.45) is 5.66. The number of amides is 1. The molecule has 0 radical (unpaired) electrons. The summed E-state index contributed by atoms with van der Waals surface area (Å²) in [5.41, 5.74) is 2.76. The van der Waals surface area contributed by atoms with Crippen LogP contribution in [0.5, 0.6) is 0 Å². The summed E-state index contributed by atoms with van der Waals surface area (Å²) in [6, 6.07) is 12.3. The van der Waals surface area contributed by atoms with Crippen molar-refractivity contribution in [3.05, 3.63) is 54.4 Å². The summed E-state index contributed by atoms with van der Waals surface area (Å²) >= 11 is 0. The lowest BCUT2D eigenvalue weighted by atomic mass is 10.1. The lowest BCUT2D eigenvalue weighted by Gasteiger charge is -2.21. The fraction of sp³-hybridized carbons (Fsp3) is 0.294. The Morgan fingerprint density at radius 1 is 1.20 bits per heavy atom. The van der Waals surface area contributed by atoms with Gasteiger partial charge in [0, 0.05) is 30.5 Å². The van der Waals surface area contributed by atoms with Gasteiger partial charge in [-0.25, -0.2) is 0 Å². The third-order valence-corrected chi connectivity index (χ3v) is 3.91. The summed E-state index contributed by atoms with van der Waals surface area (Å²) in [7, 11) is 0. The van der Waals surface area contributed by atoms with E-state index in [1.165, 1.54) is 0 Å². The van der Waals surface area contributed by atoms with Crippen LogP contribution in [-0.4, -0.2) is 28.4 Å². The molecule has 2 heterocycles. The van der Waals surface area contributed by atoms with Crippen LogP contribution in [0.3, 0.4) is 0 Å². The Balaban J connectivity index is 1.90. The van der Waals surface area contributed by atoms with Crippen molar-refractivity contribution in [2.24, 2.45) is 0 Å². The number of carbonyl (C=O) groups excluding carboxylic acids is 1. The largest absolute Gasteiger partial charge is 0.336 e. The van der Waals surface area contributed by atoms with Gasteiger partial charge in [0.25, 0.3) is 5.91 Å². The van der Waals surface area contributed by atoms with Gasteiger partial charge in [0.05, 0.1) is 5.56 Å². The zero-order valence-corrected chi connectivity index (χ0v) is 11.6. The molecule has 1 fully saturated rings. The number of hydrogen-bond donors (Lipinski definition) is 0. The number of rotatable bonds is 2. The maximum absolute atomic E-state index is 12.5. The van der Waals surface area contributed by atoms with Gasteiger partial charge in [0.2, 0.25) is 0 Å². The van der Waals surface area contributed by atoms with Crippen molar-refractivity contribution in [2.45, 2.75) is 25.8 Å². The molecular weight excluding hydrogens is 248 g/mol. The van der Waals surface area contributed by atoms with Gasteiger partial charge in [-0.1, -0.05) is 30.3 Å². The van der Waals surface area contributed by atoms with Crippen molar-refractivity contribution in [1.29, 1.82) is 0 Å². The maximum Gasteiger partial charge on any atom is 0.255 e. The average Bonchev–Trinajstić information content (AvgIpc) is 2.94. The first-order chi connectivity index (χ1) is 9.75. The summed E-state index contributed by atoms with van der Waals surface area (Å²) in [5.74, 6) is 0.0975. The highest BCUT2D eigenvalue weighted by molar-refractivity contribution is 5.95. The number of hydrogen-bond acceptors (Lipinski definition) is 2. The Morgan fingerprint density at radius 3 is 2.70 bits per heavy atom. The monoisotopic (exact) mass is 266 g/mol. The van der Waals surface area contributed by atoms with Crippen molar-refractivity contribution >= 4 is 5.91 Å². The first-order valence-corrected chi connectivity index (χ1v) is 7.07. The summed E-state index contributed by atoms with van der Waals surface area (Å²) in [5, 5.41) is 0. The zero-order valence-electron chi connectivity index (χ0n) is 11.6. The molecule has 1 amide bonds. The van der Waals surface area contributed by atoms with Gasteiger partial charge >= 0.3 is 0 Å². The van der Waals surface area contributed by atoms with E-state index in [0.717, 1.165) is 30.5 Å². The third kappa shape index (κ3) is 2.44. The van der Waals surface area contributed by atoms with E-state index in [1.807, 2.05) is 41.3 Å². The lowest BCUT2D eigenvalue weighted by molar-refractivity contribution is 0.0747. The Kier molecular flexibility index (Phi) is 3.50. The molecule has 3 nitrogen and oxygen atoms in total. The van der Waals surface area contributed by atoms with Crippen LogP contribution in [0.25, 0.3) is 11.1 Å². The van der Waals surface area contributed by atoms with Crippen LogP contribution < -0.4 is 0 Å². The summed E-state index contributed by atoms with van der Waals surface area (Å²) in [6.45, 7) is 2.97. The normalized spacial score (nSPS) is 18.2. The zero-order chi connectivity index (χ0) is 13.9. The second-order valence-corrected chi connectivity index (χ2v) is 5.32. The summed E-state index contributed by atoms with van der Waals surface area (Å²) < 4.78 is 0. The van der Waals surface area contributed by atoms with E-state index in [-0.39, 0.29) is 5.91 Å². The van der Waals surface area contributed by atoms with Gasteiger partial charge in [0.1, 0.15) is 0 Å². The van der Waals surface area contributed by atoms with Crippen LogP contribution in [0.4, 0.5) is 0 Å². The van der Waals surface area contributed by atoms with Crippen LogP contribution in [0, 0.1) is 0 Å². The third-order valence-electron chi connectivity index (χ3n) is 3.91. The molecule has 1 aromatic carbocycles. The standard InChI is InChI=1S/C17H18N2O/c1-13-6-5-9-19(13)17(20)16-10-15(11-18-12-16)14-7-3-2-4-8-14/h2-4,7-8,10-13H,5-6,9H2,1H3. The Bertz CT molecular complexity index is 609. The summed E-state index contributed by atoms with van der Waals surface area (Å²) in [4.78, 5) is 18.7. The maximum atomic E-state index is 12.5. The van der Waals surface area contributed by atoms with Crippen LogP contribution in [0.15, 0.2) is 48.8 Å². The van der Waals surface area contributed by atoms with Crippen LogP contribution in [0.2, 0.25) is 0 Å². The molecule has 20 heavy (non-hydrogen) atoms. The number of pyridine rings is 1. The molecule has 0 saturated carbocycles. The molecule has 102 valence electrons. The highest BCUT2D eigenvalue weighted by Gasteiger charge is 2.26. The minimum absolute atomic E-state index is 0.0975. The number of likely N-dealkylation sites (tertiary alicyclic amines) is 1. The Morgan fingerprint density at radius 2 is 2.00 bits per heavy atom. The fourth-order valence-corrected chi connectivity index (χ4v) is 2.75. The van der Waals surface area contributed by atoms with Gasteiger partial charge < -0.3 is 4.90 Å². The highest BCUT2D eigenvalue weighted by atomic mass is 16.2. The first kappa shape index (κ1) is 12.9. The molecular formula is C17H18N2O. The van der Waals surface area contributed by atoms with Gasteiger partial charge in [-0.2, -0.15) is 0 Å². The molecule has 0 N–H and O–H groups in total. The molecule has 1 aliphatic rings. The van der Waals surface area contributed by atoms with Gasteiger partial charge in [-0.3, -0.25) is 9.78 Å². The smallest absolute Gasteiger partial charge is 0.255 e. The minimum Gasteiger partial charge on any atom is -0.336 e. The van der Waals surface area contributed by atoms with E-state index in [0.29, 0.717) is 11.6 Å². The quantitative estimate of drug-likeness (QED) is 0.835. The predicted octanol–water partition coefficient (Wildman–Crippen LogP) is 3.37. The van der Waals surface area contributed by atoms with Crippen molar-refractivity contribution in [3.63, 3.8) is 0 Å². The Hall–Kier alpha value is -2.16. The van der Waals surface area contributed by atoms with Crippen LogP contribution in [-0.2, 0) is 0 Å². The van der Waals surface area contributed by atoms with Crippen molar-refractivity contribution < 1.29 is 4.79 Å². The molecule has 1 unspecified atom stereocenters. The predicted molar refractivity (Wildman–Crippen MR) is 79.4 cm³/mol. The van der Waals surface area contributed by atoms with E-state index >= 15 is 0 Å². The fourth-order valence-electron chi connectivity index (χ4n) is 2.75. The molecule has 1 aliphatic heterocycles. The van der Waals surface area contributed by atoms with Crippen LogP contribution >= 0.6 is 0 Å². The number of carbonyl (C=O) groups is 1. The van der Waals surface area contributed by atoms with Crippen molar-refractivity contribution in [3.8, 4) is 11.1 Å². The second-order valence-electron chi connectivity index (χ2n) is 5.32. The van der Waals surface area contributed by atoms with Gasteiger partial charge in [0.15, 0.2) is 0 Å². The first-order valence-electron chi connectivity index (χ1n) is 7.07. The molecule has 3 rings (SSSR count). The van der Waals surface area contributed by atoms with Crippen LogP contribution in [0.1, 0.15) is 30.1 Å². The average molecular weight is 266 g/mol. The van der Waals surface area contributed by atoms with E-state index < -0.39 is 0 Å². The van der Waals surface area contributed by atoms with E-state index in [1.54, 1.807) is 12.4 Å². The number of benzene rings is 1. The molecule has 0 bridgehead atoms. The SMILES string of the molecule is CC1CCCN1C(=O)c1cncc(-c2ccccc2)c1. The minimum atomic E-state index is 0.0975. The molecule has 1 atom stereocenters. The molecule has 2 aromatic rings. The molecule has 3 heteroatoms. The topological polar surface area (TPSA) is 33.2 Å². The second kappa shape index (κ2) is 5.45. The Labute approximate surface area is 119 Å². The van der Waals surface area contributed by atoms with Crippen molar-refractivity contribution in [2.75, 3.05) is 6.54 Å². The van der Waals surface area contributed by atoms with E-state index in [9.17, 15) is 4.79 Å². The van der Waals surface area contributed by atoms with E-state index in [4.69, 9.17) is 0 Å². The highest BCUT2D eigenvalue weighted by Crippen LogP contribution is 2.22. The number of nitrogens with zero attached hydrogens (tertiary/aromatic N) is 2. The van der Waals surface area contributed by atoms with Gasteiger partial charge in [-0.05, 0) is 31.4 Å².